The third-order valence-corrected chi connectivity index (χ3v) is 4.26. The van der Waals surface area contributed by atoms with Gasteiger partial charge in [-0.05, 0) is 37.5 Å². The second-order valence-corrected chi connectivity index (χ2v) is 5.74. The zero-order valence-corrected chi connectivity index (χ0v) is 13.0. The largest absolute Gasteiger partial charge is 0.478 e. The first-order valence-corrected chi connectivity index (χ1v) is 7.98. The first kappa shape index (κ1) is 16.3. The van der Waals surface area contributed by atoms with E-state index in [-0.39, 0.29) is 11.6 Å². The van der Waals surface area contributed by atoms with Gasteiger partial charge >= 0.3 is 12.0 Å². The van der Waals surface area contributed by atoms with E-state index < -0.39 is 5.97 Å². The molecule has 120 valence electrons. The molecule has 1 aliphatic rings. The van der Waals surface area contributed by atoms with Crippen molar-refractivity contribution in [2.24, 2.45) is 0 Å². The SMILES string of the molecule is CCN(C(=O)NCc1ccc(C(=O)O)cc1)C1CCCCC1. The number of carbonyl (C=O) groups excluding carboxylic acids is 1. The van der Waals surface area contributed by atoms with E-state index in [0.29, 0.717) is 19.1 Å². The Morgan fingerprint density at radius 1 is 1.18 bits per heavy atom. The van der Waals surface area contributed by atoms with Crippen LogP contribution >= 0.6 is 0 Å². The lowest BCUT2D eigenvalue weighted by Crippen LogP contribution is -2.46. The van der Waals surface area contributed by atoms with Gasteiger partial charge in [0.05, 0.1) is 5.56 Å². The molecule has 1 aromatic rings. The molecular weight excluding hydrogens is 280 g/mol. The second kappa shape index (κ2) is 7.82. The third-order valence-electron chi connectivity index (χ3n) is 4.26. The molecule has 1 saturated carbocycles. The molecule has 0 unspecified atom stereocenters. The highest BCUT2D eigenvalue weighted by molar-refractivity contribution is 5.87. The fourth-order valence-electron chi connectivity index (χ4n) is 3.00. The number of nitrogens with one attached hydrogen (secondary N) is 1. The summed E-state index contributed by atoms with van der Waals surface area (Å²) in [5.41, 5.74) is 1.16. The van der Waals surface area contributed by atoms with Gasteiger partial charge in [-0.1, -0.05) is 31.4 Å². The molecule has 0 aliphatic heterocycles. The van der Waals surface area contributed by atoms with E-state index in [1.54, 1.807) is 24.3 Å². The Morgan fingerprint density at radius 2 is 1.82 bits per heavy atom. The van der Waals surface area contributed by atoms with Gasteiger partial charge < -0.3 is 15.3 Å². The number of rotatable bonds is 5. The molecule has 2 rings (SSSR count). The minimum atomic E-state index is -0.940. The van der Waals surface area contributed by atoms with Gasteiger partial charge in [-0.3, -0.25) is 0 Å². The second-order valence-electron chi connectivity index (χ2n) is 5.74. The van der Waals surface area contributed by atoms with Crippen LogP contribution in [0.2, 0.25) is 0 Å². The van der Waals surface area contributed by atoms with Crippen LogP contribution in [-0.2, 0) is 6.54 Å². The van der Waals surface area contributed by atoms with Crippen molar-refractivity contribution >= 4 is 12.0 Å². The van der Waals surface area contributed by atoms with Gasteiger partial charge in [0, 0.05) is 19.1 Å². The highest BCUT2D eigenvalue weighted by Crippen LogP contribution is 2.22. The van der Waals surface area contributed by atoms with E-state index in [1.807, 2.05) is 11.8 Å². The van der Waals surface area contributed by atoms with E-state index in [1.165, 1.54) is 19.3 Å². The zero-order valence-electron chi connectivity index (χ0n) is 13.0. The van der Waals surface area contributed by atoms with Crippen LogP contribution in [0.4, 0.5) is 4.79 Å². The summed E-state index contributed by atoms with van der Waals surface area (Å²) in [6.07, 6.45) is 5.85. The Morgan fingerprint density at radius 3 is 2.36 bits per heavy atom. The molecule has 0 atom stereocenters. The Kier molecular flexibility index (Phi) is 5.81. The lowest BCUT2D eigenvalue weighted by atomic mass is 9.94. The van der Waals surface area contributed by atoms with Crippen molar-refractivity contribution in [3.63, 3.8) is 0 Å². The molecule has 2 amide bonds. The van der Waals surface area contributed by atoms with Crippen molar-refractivity contribution in [3.05, 3.63) is 35.4 Å². The van der Waals surface area contributed by atoms with E-state index >= 15 is 0 Å². The number of hydrogen-bond acceptors (Lipinski definition) is 2. The standard InChI is InChI=1S/C17H24N2O3/c1-2-19(15-6-4-3-5-7-15)17(22)18-12-13-8-10-14(11-9-13)16(20)21/h8-11,15H,2-7,12H2,1H3,(H,18,22)(H,20,21). The highest BCUT2D eigenvalue weighted by atomic mass is 16.4. The quantitative estimate of drug-likeness (QED) is 0.877. The molecule has 0 aromatic heterocycles. The van der Waals surface area contributed by atoms with Crippen LogP contribution in [-0.4, -0.2) is 34.6 Å². The number of urea groups is 1. The fourth-order valence-corrected chi connectivity index (χ4v) is 3.00. The normalized spacial score (nSPS) is 15.3. The predicted octanol–water partition coefficient (Wildman–Crippen LogP) is 3.25. The molecule has 22 heavy (non-hydrogen) atoms. The van der Waals surface area contributed by atoms with Gasteiger partial charge in [0.2, 0.25) is 0 Å². The molecule has 0 heterocycles. The number of amides is 2. The maximum atomic E-state index is 12.3. The molecule has 5 heteroatoms. The number of hydrogen-bond donors (Lipinski definition) is 2. The molecule has 1 aromatic carbocycles. The summed E-state index contributed by atoms with van der Waals surface area (Å²) in [5.74, 6) is -0.940. The van der Waals surface area contributed by atoms with Crippen molar-refractivity contribution in [2.75, 3.05) is 6.54 Å². The van der Waals surface area contributed by atoms with Crippen molar-refractivity contribution < 1.29 is 14.7 Å². The molecule has 0 radical (unpaired) electrons. The van der Waals surface area contributed by atoms with Crippen LogP contribution in [0.1, 0.15) is 54.9 Å². The number of carboxylic acids is 1. The van der Waals surface area contributed by atoms with Crippen LogP contribution in [0.15, 0.2) is 24.3 Å². The number of benzene rings is 1. The van der Waals surface area contributed by atoms with Crippen LogP contribution in [0, 0.1) is 0 Å². The van der Waals surface area contributed by atoms with Crippen molar-refractivity contribution in [1.29, 1.82) is 0 Å². The monoisotopic (exact) mass is 304 g/mol. The molecule has 5 nitrogen and oxygen atoms in total. The Hall–Kier alpha value is -2.04. The van der Waals surface area contributed by atoms with Crippen molar-refractivity contribution in [2.45, 2.75) is 51.6 Å². The summed E-state index contributed by atoms with van der Waals surface area (Å²) in [6.45, 7) is 3.15. The van der Waals surface area contributed by atoms with E-state index in [4.69, 9.17) is 5.11 Å². The minimum absolute atomic E-state index is 0.0308. The van der Waals surface area contributed by atoms with Crippen LogP contribution in [0.25, 0.3) is 0 Å². The summed E-state index contributed by atoms with van der Waals surface area (Å²) >= 11 is 0. The molecule has 0 saturated heterocycles. The molecule has 1 aliphatic carbocycles. The first-order chi connectivity index (χ1) is 10.6. The average Bonchev–Trinajstić information content (AvgIpc) is 2.55. The van der Waals surface area contributed by atoms with Gasteiger partial charge in [-0.25, -0.2) is 9.59 Å². The van der Waals surface area contributed by atoms with Gasteiger partial charge in [-0.2, -0.15) is 0 Å². The summed E-state index contributed by atoms with van der Waals surface area (Å²) in [4.78, 5) is 25.1. The minimum Gasteiger partial charge on any atom is -0.478 e. The number of carbonyl (C=O) groups is 2. The van der Waals surface area contributed by atoms with Gasteiger partial charge in [-0.15, -0.1) is 0 Å². The summed E-state index contributed by atoms with van der Waals surface area (Å²) in [7, 11) is 0. The molecule has 0 bridgehead atoms. The van der Waals surface area contributed by atoms with Crippen LogP contribution in [0.3, 0.4) is 0 Å². The Labute approximate surface area is 131 Å². The predicted molar refractivity (Wildman–Crippen MR) is 84.9 cm³/mol. The molecule has 2 N–H and O–H groups in total. The van der Waals surface area contributed by atoms with Crippen molar-refractivity contribution in [1.82, 2.24) is 10.2 Å². The topological polar surface area (TPSA) is 69.6 Å². The van der Waals surface area contributed by atoms with Gasteiger partial charge in [0.25, 0.3) is 0 Å². The lowest BCUT2D eigenvalue weighted by molar-refractivity contribution is 0.0697. The lowest BCUT2D eigenvalue weighted by Gasteiger charge is -2.33. The smallest absolute Gasteiger partial charge is 0.335 e. The highest BCUT2D eigenvalue weighted by Gasteiger charge is 2.23. The summed E-state index contributed by atoms with van der Waals surface area (Å²) < 4.78 is 0. The average molecular weight is 304 g/mol. The maximum Gasteiger partial charge on any atom is 0.335 e. The third kappa shape index (κ3) is 4.23. The van der Waals surface area contributed by atoms with E-state index in [2.05, 4.69) is 5.32 Å². The number of nitrogens with zero attached hydrogens (tertiary/aromatic N) is 1. The van der Waals surface area contributed by atoms with E-state index in [9.17, 15) is 9.59 Å². The number of carboxylic acid groups (broad SMARTS) is 1. The van der Waals surface area contributed by atoms with Gasteiger partial charge in [0.1, 0.15) is 0 Å². The zero-order chi connectivity index (χ0) is 15.9. The number of aromatic carboxylic acids is 1. The van der Waals surface area contributed by atoms with Crippen LogP contribution < -0.4 is 5.32 Å². The summed E-state index contributed by atoms with van der Waals surface area (Å²) in [5, 5.41) is 11.8. The first-order valence-electron chi connectivity index (χ1n) is 7.98. The van der Waals surface area contributed by atoms with Crippen molar-refractivity contribution in [3.8, 4) is 0 Å². The van der Waals surface area contributed by atoms with E-state index in [0.717, 1.165) is 18.4 Å². The Balaban J connectivity index is 1.88. The summed E-state index contributed by atoms with van der Waals surface area (Å²) in [6, 6.07) is 6.91. The molecular formula is C17H24N2O3. The van der Waals surface area contributed by atoms with Crippen LogP contribution in [0.5, 0.6) is 0 Å². The Bertz CT molecular complexity index is 507. The van der Waals surface area contributed by atoms with Gasteiger partial charge in [0.15, 0.2) is 0 Å². The molecule has 1 fully saturated rings. The maximum absolute atomic E-state index is 12.3. The fraction of sp³-hybridized carbons (Fsp3) is 0.529. The molecule has 0 spiro atoms.